The van der Waals surface area contributed by atoms with E-state index in [0.29, 0.717) is 11.7 Å². The van der Waals surface area contributed by atoms with Crippen molar-refractivity contribution in [2.24, 2.45) is 5.73 Å². The van der Waals surface area contributed by atoms with E-state index < -0.39 is 5.54 Å². The second kappa shape index (κ2) is 4.35. The van der Waals surface area contributed by atoms with Crippen molar-refractivity contribution in [1.82, 2.24) is 10.1 Å². The third-order valence-corrected chi connectivity index (χ3v) is 3.15. The van der Waals surface area contributed by atoms with Gasteiger partial charge in [0.1, 0.15) is 0 Å². The summed E-state index contributed by atoms with van der Waals surface area (Å²) in [5.41, 5.74) is 6.57. The predicted molar refractivity (Wildman–Crippen MR) is 64.1 cm³/mol. The lowest BCUT2D eigenvalue weighted by atomic mass is 9.98. The van der Waals surface area contributed by atoms with Crippen LogP contribution in [0.2, 0.25) is 0 Å². The molecule has 0 bridgehead atoms. The Morgan fingerprint density at radius 2 is 2.38 bits per heavy atom. The first kappa shape index (κ1) is 11.3. The van der Waals surface area contributed by atoms with Gasteiger partial charge in [0.25, 0.3) is 0 Å². The van der Waals surface area contributed by atoms with Crippen molar-refractivity contribution in [2.45, 2.75) is 32.2 Å². The van der Waals surface area contributed by atoms with Gasteiger partial charge in [-0.25, -0.2) is 0 Å². The Kier molecular flexibility index (Phi) is 3.07. The maximum atomic E-state index is 6.12. The van der Waals surface area contributed by atoms with E-state index in [1.807, 2.05) is 23.8 Å². The Balaban J connectivity index is 2.26. The third-order valence-electron chi connectivity index (χ3n) is 2.46. The molecule has 0 saturated carbocycles. The lowest BCUT2D eigenvalue weighted by Gasteiger charge is -2.18. The third kappa shape index (κ3) is 2.15. The first-order valence-corrected chi connectivity index (χ1v) is 6.23. The first-order chi connectivity index (χ1) is 7.63. The second-order valence-corrected chi connectivity index (χ2v) is 4.88. The molecule has 0 spiro atoms. The summed E-state index contributed by atoms with van der Waals surface area (Å²) in [6, 6.07) is 1.97. The molecule has 4 nitrogen and oxygen atoms in total. The van der Waals surface area contributed by atoms with Crippen LogP contribution >= 0.6 is 11.3 Å². The fourth-order valence-corrected chi connectivity index (χ4v) is 2.23. The van der Waals surface area contributed by atoms with E-state index in [-0.39, 0.29) is 0 Å². The highest BCUT2D eigenvalue weighted by Crippen LogP contribution is 2.25. The Bertz CT molecular complexity index is 448. The minimum Gasteiger partial charge on any atom is -0.337 e. The van der Waals surface area contributed by atoms with E-state index in [2.05, 4.69) is 17.1 Å². The van der Waals surface area contributed by atoms with Crippen LogP contribution in [0.25, 0.3) is 11.4 Å². The van der Waals surface area contributed by atoms with Crippen LogP contribution in [0, 0.1) is 0 Å². The zero-order valence-electron chi connectivity index (χ0n) is 9.43. The van der Waals surface area contributed by atoms with E-state index in [0.717, 1.165) is 18.4 Å². The molecular weight excluding hydrogens is 222 g/mol. The Hall–Kier alpha value is -1.20. The molecule has 2 N–H and O–H groups in total. The molecule has 0 saturated heterocycles. The maximum Gasteiger partial charge on any atom is 0.246 e. The van der Waals surface area contributed by atoms with E-state index in [9.17, 15) is 0 Å². The van der Waals surface area contributed by atoms with Crippen LogP contribution in [0.3, 0.4) is 0 Å². The summed E-state index contributed by atoms with van der Waals surface area (Å²) < 4.78 is 5.22. The molecule has 0 radical (unpaired) electrons. The zero-order valence-corrected chi connectivity index (χ0v) is 10.3. The summed E-state index contributed by atoms with van der Waals surface area (Å²) in [5.74, 6) is 1.12. The number of thiophene rings is 1. The zero-order chi connectivity index (χ0) is 11.6. The fourth-order valence-electron chi connectivity index (χ4n) is 1.59. The minimum absolute atomic E-state index is 0.510. The van der Waals surface area contributed by atoms with Gasteiger partial charge in [-0.1, -0.05) is 18.5 Å². The molecule has 1 unspecified atom stereocenters. The number of hydrogen-bond donors (Lipinski definition) is 1. The van der Waals surface area contributed by atoms with Crippen molar-refractivity contribution in [3.8, 4) is 11.4 Å². The van der Waals surface area contributed by atoms with Crippen molar-refractivity contribution in [3.05, 3.63) is 22.7 Å². The van der Waals surface area contributed by atoms with E-state index in [1.54, 1.807) is 11.3 Å². The van der Waals surface area contributed by atoms with Gasteiger partial charge in [0.15, 0.2) is 0 Å². The van der Waals surface area contributed by atoms with Crippen LogP contribution in [-0.2, 0) is 5.54 Å². The molecule has 2 aromatic rings. The molecule has 2 rings (SSSR count). The number of rotatable bonds is 4. The van der Waals surface area contributed by atoms with Crippen molar-refractivity contribution in [2.75, 3.05) is 0 Å². The van der Waals surface area contributed by atoms with Crippen LogP contribution in [0.5, 0.6) is 0 Å². The van der Waals surface area contributed by atoms with E-state index in [1.165, 1.54) is 0 Å². The number of nitrogens with zero attached hydrogens (tertiary/aromatic N) is 2. The van der Waals surface area contributed by atoms with Gasteiger partial charge in [0.05, 0.1) is 5.54 Å². The molecule has 0 aliphatic heterocycles. The van der Waals surface area contributed by atoms with Crippen molar-refractivity contribution in [1.29, 1.82) is 0 Å². The smallest absolute Gasteiger partial charge is 0.246 e. The molecule has 16 heavy (non-hydrogen) atoms. The summed E-state index contributed by atoms with van der Waals surface area (Å²) in [6.07, 6.45) is 1.82. The highest BCUT2D eigenvalue weighted by atomic mass is 32.1. The predicted octanol–water partition coefficient (Wildman–Crippen LogP) is 2.77. The lowest BCUT2D eigenvalue weighted by Crippen LogP contribution is -2.33. The molecule has 0 amide bonds. The molecule has 1 atom stereocenters. The summed E-state index contributed by atoms with van der Waals surface area (Å²) in [5, 5.41) is 7.92. The van der Waals surface area contributed by atoms with Crippen LogP contribution in [0.1, 0.15) is 32.6 Å². The van der Waals surface area contributed by atoms with Crippen LogP contribution in [-0.4, -0.2) is 10.1 Å². The normalized spacial score (nSPS) is 14.9. The van der Waals surface area contributed by atoms with Crippen LogP contribution < -0.4 is 5.73 Å². The molecule has 5 heteroatoms. The summed E-state index contributed by atoms with van der Waals surface area (Å²) >= 11 is 1.61. The maximum absolute atomic E-state index is 6.12. The van der Waals surface area contributed by atoms with E-state index >= 15 is 0 Å². The summed E-state index contributed by atoms with van der Waals surface area (Å²) in [4.78, 5) is 4.35. The van der Waals surface area contributed by atoms with Crippen LogP contribution in [0.4, 0.5) is 0 Å². The van der Waals surface area contributed by atoms with Crippen molar-refractivity contribution < 1.29 is 4.52 Å². The quantitative estimate of drug-likeness (QED) is 0.888. The van der Waals surface area contributed by atoms with Gasteiger partial charge in [0.2, 0.25) is 11.7 Å². The number of hydrogen-bond acceptors (Lipinski definition) is 5. The van der Waals surface area contributed by atoms with E-state index in [4.69, 9.17) is 10.3 Å². The topological polar surface area (TPSA) is 64.9 Å². The highest BCUT2D eigenvalue weighted by molar-refractivity contribution is 7.08. The van der Waals surface area contributed by atoms with Crippen molar-refractivity contribution in [3.63, 3.8) is 0 Å². The molecule has 2 aromatic heterocycles. The minimum atomic E-state index is -0.532. The van der Waals surface area contributed by atoms with Gasteiger partial charge in [-0.2, -0.15) is 16.3 Å². The molecule has 2 heterocycles. The van der Waals surface area contributed by atoms with Gasteiger partial charge >= 0.3 is 0 Å². The number of aromatic nitrogens is 2. The van der Waals surface area contributed by atoms with Crippen molar-refractivity contribution >= 4 is 11.3 Å². The molecule has 0 aliphatic rings. The molecule has 86 valence electrons. The van der Waals surface area contributed by atoms with Gasteiger partial charge < -0.3 is 10.3 Å². The average Bonchev–Trinajstić information content (AvgIpc) is 2.89. The molecular formula is C11H15N3OS. The van der Waals surface area contributed by atoms with Crippen LogP contribution in [0.15, 0.2) is 21.3 Å². The Morgan fingerprint density at radius 3 is 3.00 bits per heavy atom. The lowest BCUT2D eigenvalue weighted by molar-refractivity contribution is 0.284. The fraction of sp³-hybridized carbons (Fsp3) is 0.455. The molecule has 0 aliphatic carbocycles. The first-order valence-electron chi connectivity index (χ1n) is 5.29. The summed E-state index contributed by atoms with van der Waals surface area (Å²) in [7, 11) is 0. The molecule has 0 fully saturated rings. The Morgan fingerprint density at radius 1 is 1.56 bits per heavy atom. The number of nitrogens with two attached hydrogens (primary N) is 1. The standard InChI is InChI=1S/C11H15N3OS/c1-3-5-11(2,12)10-13-9(14-15-10)8-4-6-16-7-8/h4,6-7H,3,5,12H2,1-2H3. The molecule has 0 aromatic carbocycles. The Labute approximate surface area is 98.5 Å². The average molecular weight is 237 g/mol. The SMILES string of the molecule is CCCC(C)(N)c1nc(-c2ccsc2)no1. The second-order valence-electron chi connectivity index (χ2n) is 4.10. The summed E-state index contributed by atoms with van der Waals surface area (Å²) in [6.45, 7) is 4.00. The highest BCUT2D eigenvalue weighted by Gasteiger charge is 2.27. The van der Waals surface area contributed by atoms with Gasteiger partial charge in [-0.15, -0.1) is 0 Å². The van der Waals surface area contributed by atoms with Gasteiger partial charge in [0, 0.05) is 10.9 Å². The monoisotopic (exact) mass is 237 g/mol. The largest absolute Gasteiger partial charge is 0.337 e. The van der Waals surface area contributed by atoms with Gasteiger partial charge in [-0.05, 0) is 24.8 Å². The van der Waals surface area contributed by atoms with Gasteiger partial charge in [-0.3, -0.25) is 0 Å².